The Morgan fingerprint density at radius 3 is 2.18 bits per heavy atom. The maximum Gasteiger partial charge on any atom is 0.152 e. The van der Waals surface area contributed by atoms with Crippen LogP contribution in [0.5, 0.6) is 0 Å². The zero-order chi connectivity index (χ0) is 28.2. The Morgan fingerprint density at radius 1 is 1.00 bits per heavy atom. The summed E-state index contributed by atoms with van der Waals surface area (Å²) in [5.41, 5.74) is 10.2. The molecule has 0 saturated carbocycles. The third kappa shape index (κ3) is 10.7. The highest BCUT2D eigenvalue weighted by atomic mass is 16.5. The van der Waals surface area contributed by atoms with Gasteiger partial charge in [-0.15, -0.1) is 0 Å². The van der Waals surface area contributed by atoms with Crippen molar-refractivity contribution in [3.8, 4) is 0 Å². The number of ether oxygens (including phenoxy) is 1. The van der Waals surface area contributed by atoms with E-state index >= 15 is 0 Å². The molecule has 1 aliphatic rings. The first-order valence-electron chi connectivity index (χ1n) is 13.1. The van der Waals surface area contributed by atoms with E-state index in [9.17, 15) is 4.79 Å². The number of aldehydes is 1. The molecule has 7 heteroatoms. The highest BCUT2D eigenvalue weighted by Crippen LogP contribution is 2.21. The number of benzene rings is 2. The van der Waals surface area contributed by atoms with Crippen molar-refractivity contribution in [1.29, 1.82) is 0 Å². The lowest BCUT2D eigenvalue weighted by atomic mass is 10.1. The summed E-state index contributed by atoms with van der Waals surface area (Å²) in [6.45, 7) is 13.2. The van der Waals surface area contributed by atoms with Gasteiger partial charge in [-0.05, 0) is 69.3 Å². The van der Waals surface area contributed by atoms with Gasteiger partial charge in [0.05, 0.1) is 24.6 Å². The number of morpholine rings is 1. The van der Waals surface area contributed by atoms with Crippen molar-refractivity contribution in [1.82, 2.24) is 0 Å². The van der Waals surface area contributed by atoms with Crippen LogP contribution in [0.25, 0.3) is 11.8 Å². The number of aliphatic imine (C=N–C) groups is 2. The van der Waals surface area contributed by atoms with E-state index in [0.29, 0.717) is 5.84 Å². The summed E-state index contributed by atoms with van der Waals surface area (Å²) in [5, 5.41) is 3.44. The summed E-state index contributed by atoms with van der Waals surface area (Å²) in [6.07, 6.45) is 9.65. The van der Waals surface area contributed by atoms with E-state index in [0.717, 1.165) is 60.8 Å². The maximum absolute atomic E-state index is 10.6. The average molecular weight is 518 g/mol. The number of carbonyl (C=O) groups excluding carboxylic acids is 1. The van der Waals surface area contributed by atoms with Gasteiger partial charge in [0.2, 0.25) is 0 Å². The molecule has 0 radical (unpaired) electrons. The number of carbonyl (C=O) groups is 1. The molecule has 0 atom stereocenters. The minimum atomic E-state index is 0.676. The predicted molar refractivity (Wildman–Crippen MR) is 165 cm³/mol. The van der Waals surface area contributed by atoms with Crippen LogP contribution in [0.4, 0.5) is 11.4 Å². The van der Waals surface area contributed by atoms with Crippen LogP contribution in [-0.4, -0.2) is 51.2 Å². The third-order valence-electron chi connectivity index (χ3n) is 5.35. The van der Waals surface area contributed by atoms with Crippen molar-refractivity contribution in [2.75, 3.05) is 43.6 Å². The number of nitrogens with zero attached hydrogens (tertiary/aromatic N) is 3. The van der Waals surface area contributed by atoms with Crippen molar-refractivity contribution < 1.29 is 9.53 Å². The molecule has 7 nitrogen and oxygen atoms in total. The van der Waals surface area contributed by atoms with Crippen LogP contribution >= 0.6 is 0 Å². The third-order valence-corrected chi connectivity index (χ3v) is 5.35. The monoisotopic (exact) mass is 517 g/mol. The number of rotatable bonds is 8. The van der Waals surface area contributed by atoms with Crippen molar-refractivity contribution in [3.05, 3.63) is 84.1 Å². The molecular weight excluding hydrogens is 474 g/mol. The summed E-state index contributed by atoms with van der Waals surface area (Å²) in [6, 6.07) is 16.3. The lowest BCUT2D eigenvalue weighted by Gasteiger charge is -2.29. The van der Waals surface area contributed by atoms with E-state index in [-0.39, 0.29) is 0 Å². The molecule has 3 N–H and O–H groups in total. The number of hydrogen-bond acceptors (Lipinski definition) is 6. The highest BCUT2D eigenvalue weighted by molar-refractivity contribution is 6.45. The van der Waals surface area contributed by atoms with Crippen molar-refractivity contribution in [2.24, 2.45) is 15.7 Å². The quantitative estimate of drug-likeness (QED) is 0.188. The number of anilines is 2. The van der Waals surface area contributed by atoms with E-state index in [1.165, 1.54) is 18.8 Å². The Morgan fingerprint density at radius 2 is 1.63 bits per heavy atom. The molecule has 0 aromatic heterocycles. The fourth-order valence-electron chi connectivity index (χ4n) is 3.49. The van der Waals surface area contributed by atoms with E-state index in [1.54, 1.807) is 12.3 Å². The fourth-order valence-corrected chi connectivity index (χ4v) is 3.49. The van der Waals surface area contributed by atoms with Crippen LogP contribution in [0.3, 0.4) is 0 Å². The molecular formula is C31H43N5O2. The minimum absolute atomic E-state index is 0.676. The van der Waals surface area contributed by atoms with E-state index in [4.69, 9.17) is 9.73 Å². The van der Waals surface area contributed by atoms with Gasteiger partial charge in [0.25, 0.3) is 0 Å². The molecule has 0 bridgehead atoms. The molecule has 0 spiro atoms. The van der Waals surface area contributed by atoms with E-state index < -0.39 is 0 Å². The molecule has 1 aliphatic heterocycles. The number of allylic oxidation sites excluding steroid dienone is 3. The maximum atomic E-state index is 10.6. The zero-order valence-corrected chi connectivity index (χ0v) is 23.6. The normalized spacial score (nSPS) is 14.5. The SMILES string of the molecule is C/C=C\N=C(C)C(=N/C(=C\C)c1ccc(/C=C/C=O)cc1)Nc1ccc(N2CCOCC2)cc1.CC.CN. The number of nitrogens with one attached hydrogen (secondary N) is 1. The number of amidine groups is 1. The second kappa shape index (κ2) is 19.3. The standard InChI is InChI=1S/C28H32N4O2.C2H6.CH5N/c1-4-16-29-22(3)28(30-25-12-14-26(15-13-25)32-17-20-34-21-18-32)31-27(5-2)24-10-8-23(9-11-24)7-6-19-33;2*1-2/h4-16,19H,17-18,20-21H2,1-3H3,(H,30,31);1-2H3;2H2,1H3/b7-6+,16-4-,27-5-,29-22?;;. The van der Waals surface area contributed by atoms with Crippen LogP contribution < -0.4 is 16.0 Å². The van der Waals surface area contributed by atoms with Crippen LogP contribution in [0, 0.1) is 0 Å². The Balaban J connectivity index is 0.00000172. The Hall–Kier alpha value is -3.81. The lowest BCUT2D eigenvalue weighted by molar-refractivity contribution is -0.104. The Kier molecular flexibility index (Phi) is 16.4. The minimum Gasteiger partial charge on any atom is -0.378 e. The van der Waals surface area contributed by atoms with Crippen molar-refractivity contribution in [2.45, 2.75) is 34.6 Å². The topological polar surface area (TPSA) is 92.3 Å². The summed E-state index contributed by atoms with van der Waals surface area (Å²) in [4.78, 5) is 22.3. The molecule has 1 fully saturated rings. The van der Waals surface area contributed by atoms with Crippen LogP contribution in [0.2, 0.25) is 0 Å². The zero-order valence-electron chi connectivity index (χ0n) is 23.6. The van der Waals surface area contributed by atoms with Crippen LogP contribution in [0.15, 0.2) is 82.9 Å². The summed E-state index contributed by atoms with van der Waals surface area (Å²) >= 11 is 0. The molecule has 1 saturated heterocycles. The lowest BCUT2D eigenvalue weighted by Crippen LogP contribution is -2.36. The molecule has 204 valence electrons. The second-order valence-electron chi connectivity index (χ2n) is 7.72. The molecule has 2 aromatic rings. The van der Waals surface area contributed by atoms with Gasteiger partial charge in [-0.2, -0.15) is 0 Å². The predicted octanol–water partition coefficient (Wildman–Crippen LogP) is 6.20. The van der Waals surface area contributed by atoms with Gasteiger partial charge in [0.1, 0.15) is 6.29 Å². The first-order valence-corrected chi connectivity index (χ1v) is 13.1. The van der Waals surface area contributed by atoms with E-state index in [2.05, 4.69) is 45.2 Å². The van der Waals surface area contributed by atoms with Gasteiger partial charge in [-0.3, -0.25) is 9.79 Å². The van der Waals surface area contributed by atoms with Gasteiger partial charge in [0.15, 0.2) is 5.84 Å². The highest BCUT2D eigenvalue weighted by Gasteiger charge is 2.12. The average Bonchev–Trinajstić information content (AvgIpc) is 3.00. The molecule has 1 heterocycles. The van der Waals surface area contributed by atoms with Crippen LogP contribution in [-0.2, 0) is 9.53 Å². The van der Waals surface area contributed by atoms with Crippen LogP contribution in [0.1, 0.15) is 45.7 Å². The Bertz CT molecular complexity index is 1090. The first kappa shape index (κ1) is 32.2. The molecule has 38 heavy (non-hydrogen) atoms. The molecule has 3 rings (SSSR count). The largest absolute Gasteiger partial charge is 0.378 e. The summed E-state index contributed by atoms with van der Waals surface area (Å²) in [5.74, 6) is 0.676. The van der Waals surface area contributed by atoms with E-state index in [1.807, 2.05) is 71.0 Å². The molecule has 0 aliphatic carbocycles. The van der Waals surface area contributed by atoms with Gasteiger partial charge >= 0.3 is 0 Å². The summed E-state index contributed by atoms with van der Waals surface area (Å²) < 4.78 is 5.45. The summed E-state index contributed by atoms with van der Waals surface area (Å²) in [7, 11) is 1.50. The number of nitrogens with two attached hydrogens (primary N) is 1. The first-order chi connectivity index (χ1) is 18.6. The van der Waals surface area contributed by atoms with Gasteiger partial charge in [-0.25, -0.2) is 4.99 Å². The molecule has 0 amide bonds. The molecule has 0 unspecified atom stereocenters. The van der Waals surface area contributed by atoms with Crippen molar-refractivity contribution >= 4 is 41.0 Å². The molecule has 2 aromatic carbocycles. The number of hydrogen-bond donors (Lipinski definition) is 2. The Labute approximate surface area is 228 Å². The second-order valence-corrected chi connectivity index (χ2v) is 7.72. The van der Waals surface area contributed by atoms with Gasteiger partial charge < -0.3 is 20.7 Å². The smallest absolute Gasteiger partial charge is 0.152 e. The van der Waals surface area contributed by atoms with Gasteiger partial charge in [0, 0.05) is 30.7 Å². The van der Waals surface area contributed by atoms with Gasteiger partial charge in [-0.1, -0.05) is 56.3 Å². The van der Waals surface area contributed by atoms with Crippen molar-refractivity contribution in [3.63, 3.8) is 0 Å². The fraction of sp³-hybridized carbons (Fsp3) is 0.323.